The number of benzene rings is 1. The van der Waals surface area contributed by atoms with E-state index in [-0.39, 0.29) is 11.0 Å². The van der Waals surface area contributed by atoms with Crippen molar-refractivity contribution in [1.82, 2.24) is 4.98 Å². The summed E-state index contributed by atoms with van der Waals surface area (Å²) < 4.78 is 34.4. The quantitative estimate of drug-likeness (QED) is 0.424. The van der Waals surface area contributed by atoms with Crippen molar-refractivity contribution in [3.63, 3.8) is 0 Å². The van der Waals surface area contributed by atoms with E-state index in [1.807, 2.05) is 13.8 Å². The molecule has 0 N–H and O–H groups in total. The predicted octanol–water partition coefficient (Wildman–Crippen LogP) is 6.10. The molecular formula is C19H23F2NOS. The summed E-state index contributed by atoms with van der Waals surface area (Å²) in [4.78, 5) is 4.26. The van der Waals surface area contributed by atoms with Gasteiger partial charge in [0.05, 0.1) is 11.0 Å². The highest BCUT2D eigenvalue weighted by Gasteiger charge is 2.16. The van der Waals surface area contributed by atoms with Gasteiger partial charge in [-0.25, -0.2) is 13.8 Å². The summed E-state index contributed by atoms with van der Waals surface area (Å²) >= 11 is 1.24. The molecule has 0 atom stereocenters. The average molecular weight is 351 g/mol. The molecule has 0 aliphatic rings. The highest BCUT2D eigenvalue weighted by atomic mass is 32.2. The van der Waals surface area contributed by atoms with Crippen LogP contribution in [-0.2, 0) is 0 Å². The Kier molecular flexibility index (Phi) is 7.03. The van der Waals surface area contributed by atoms with E-state index in [9.17, 15) is 8.78 Å². The van der Waals surface area contributed by atoms with Crippen LogP contribution in [0.1, 0.15) is 40.0 Å². The highest BCUT2D eigenvalue weighted by Crippen LogP contribution is 2.34. The minimum atomic E-state index is -0.536. The highest BCUT2D eigenvalue weighted by molar-refractivity contribution is 7.99. The molecule has 130 valence electrons. The number of ether oxygens (including phenoxy) is 1. The predicted molar refractivity (Wildman–Crippen MR) is 95.6 cm³/mol. The maximum Gasteiger partial charge on any atom is 0.221 e. The van der Waals surface area contributed by atoms with E-state index in [1.54, 1.807) is 18.3 Å². The van der Waals surface area contributed by atoms with Gasteiger partial charge in [0.25, 0.3) is 0 Å². The number of rotatable bonds is 8. The third-order valence-electron chi connectivity index (χ3n) is 3.42. The van der Waals surface area contributed by atoms with Gasteiger partial charge < -0.3 is 4.74 Å². The number of hydrogen-bond donors (Lipinski definition) is 0. The maximum absolute atomic E-state index is 14.4. The van der Waals surface area contributed by atoms with Gasteiger partial charge in [-0.2, -0.15) is 0 Å². The molecule has 2 nitrogen and oxygen atoms in total. The molecular weight excluding hydrogens is 328 g/mol. The van der Waals surface area contributed by atoms with Crippen LogP contribution in [0.5, 0.6) is 5.88 Å². The van der Waals surface area contributed by atoms with Crippen LogP contribution in [0.15, 0.2) is 35.4 Å². The van der Waals surface area contributed by atoms with Crippen LogP contribution in [0.4, 0.5) is 8.78 Å². The fourth-order valence-electron chi connectivity index (χ4n) is 2.31. The molecule has 1 heterocycles. The topological polar surface area (TPSA) is 22.1 Å². The molecule has 0 aliphatic heterocycles. The molecule has 0 amide bonds. The lowest BCUT2D eigenvalue weighted by Gasteiger charge is -2.14. The fourth-order valence-corrected chi connectivity index (χ4v) is 3.25. The molecule has 2 aromatic rings. The fraction of sp³-hybridized carbons (Fsp3) is 0.421. The zero-order valence-electron chi connectivity index (χ0n) is 14.3. The lowest BCUT2D eigenvalue weighted by atomic mass is 10.1. The second-order valence-corrected chi connectivity index (χ2v) is 6.95. The summed E-state index contributed by atoms with van der Waals surface area (Å²) in [6.07, 6.45) is 4.65. The summed E-state index contributed by atoms with van der Waals surface area (Å²) in [7, 11) is 0. The van der Waals surface area contributed by atoms with Crippen molar-refractivity contribution in [1.29, 1.82) is 0 Å². The van der Waals surface area contributed by atoms with Crippen LogP contribution < -0.4 is 4.74 Å². The normalized spacial score (nSPS) is 11.1. The minimum Gasteiger partial charge on any atom is -0.475 e. The first-order chi connectivity index (χ1) is 11.5. The number of aromatic nitrogens is 1. The average Bonchev–Trinajstić information content (AvgIpc) is 2.53. The third kappa shape index (κ3) is 4.94. The third-order valence-corrected chi connectivity index (χ3v) is 4.59. The lowest BCUT2D eigenvalue weighted by Crippen LogP contribution is -2.08. The van der Waals surface area contributed by atoms with E-state index in [0.717, 1.165) is 25.0 Å². The monoisotopic (exact) mass is 351 g/mol. The van der Waals surface area contributed by atoms with Gasteiger partial charge in [0, 0.05) is 11.8 Å². The SMILES string of the molecule is CCCCCSc1c(F)cc(-c2cccnc2OC(C)C)cc1F. The van der Waals surface area contributed by atoms with E-state index < -0.39 is 11.6 Å². The zero-order valence-corrected chi connectivity index (χ0v) is 15.1. The summed E-state index contributed by atoms with van der Waals surface area (Å²) in [5, 5.41) is 0. The smallest absolute Gasteiger partial charge is 0.221 e. The van der Waals surface area contributed by atoms with Crippen molar-refractivity contribution in [2.75, 3.05) is 5.75 Å². The number of pyridine rings is 1. The van der Waals surface area contributed by atoms with Gasteiger partial charge in [0.2, 0.25) is 5.88 Å². The molecule has 0 saturated carbocycles. The van der Waals surface area contributed by atoms with Gasteiger partial charge in [-0.1, -0.05) is 19.8 Å². The second-order valence-electron chi connectivity index (χ2n) is 5.85. The molecule has 2 rings (SSSR count). The molecule has 5 heteroatoms. The molecule has 1 aromatic heterocycles. The van der Waals surface area contributed by atoms with Crippen molar-refractivity contribution >= 4 is 11.8 Å². The Morgan fingerprint density at radius 1 is 1.17 bits per heavy atom. The van der Waals surface area contributed by atoms with Gasteiger partial charge in [0.15, 0.2) is 0 Å². The number of nitrogens with zero attached hydrogens (tertiary/aromatic N) is 1. The largest absolute Gasteiger partial charge is 0.475 e. The maximum atomic E-state index is 14.4. The zero-order chi connectivity index (χ0) is 17.5. The number of unbranched alkanes of at least 4 members (excludes halogenated alkanes) is 2. The van der Waals surface area contributed by atoms with Crippen LogP contribution >= 0.6 is 11.8 Å². The summed E-state index contributed by atoms with van der Waals surface area (Å²) in [6.45, 7) is 5.87. The van der Waals surface area contributed by atoms with Crippen LogP contribution in [0.25, 0.3) is 11.1 Å². The molecule has 0 unspecified atom stereocenters. The van der Waals surface area contributed by atoms with E-state index in [0.29, 0.717) is 17.0 Å². The van der Waals surface area contributed by atoms with Crippen LogP contribution in [0.3, 0.4) is 0 Å². The summed E-state index contributed by atoms with van der Waals surface area (Å²) in [5.74, 6) is 0.0293. The standard InChI is InChI=1S/C19H23F2NOS/c1-4-5-6-10-24-18-16(20)11-14(12-17(18)21)15-8-7-9-22-19(15)23-13(2)3/h7-9,11-13H,4-6,10H2,1-3H3. The van der Waals surface area contributed by atoms with Crippen LogP contribution in [0, 0.1) is 11.6 Å². The second kappa shape index (κ2) is 9.02. The molecule has 0 spiro atoms. The van der Waals surface area contributed by atoms with Crippen LogP contribution in [-0.4, -0.2) is 16.8 Å². The number of thioether (sulfide) groups is 1. The van der Waals surface area contributed by atoms with Gasteiger partial charge >= 0.3 is 0 Å². The van der Waals surface area contributed by atoms with Crippen molar-refractivity contribution in [3.8, 4) is 17.0 Å². The van der Waals surface area contributed by atoms with E-state index in [2.05, 4.69) is 11.9 Å². The molecule has 0 radical (unpaired) electrons. The van der Waals surface area contributed by atoms with Gasteiger partial charge in [-0.15, -0.1) is 11.8 Å². The Balaban J connectivity index is 2.27. The van der Waals surface area contributed by atoms with Gasteiger partial charge in [-0.3, -0.25) is 0 Å². The Hall–Kier alpha value is -1.62. The molecule has 0 fully saturated rings. The van der Waals surface area contributed by atoms with E-state index in [1.165, 1.54) is 23.9 Å². The molecule has 0 bridgehead atoms. The van der Waals surface area contributed by atoms with Crippen molar-refractivity contribution in [3.05, 3.63) is 42.1 Å². The van der Waals surface area contributed by atoms with Crippen molar-refractivity contribution in [2.24, 2.45) is 0 Å². The number of hydrogen-bond acceptors (Lipinski definition) is 3. The molecule has 1 aromatic carbocycles. The first-order valence-electron chi connectivity index (χ1n) is 8.26. The first-order valence-corrected chi connectivity index (χ1v) is 9.25. The Bertz CT molecular complexity index is 653. The van der Waals surface area contributed by atoms with E-state index in [4.69, 9.17) is 4.74 Å². The molecule has 24 heavy (non-hydrogen) atoms. The summed E-state index contributed by atoms with van der Waals surface area (Å²) in [6, 6.07) is 6.20. The summed E-state index contributed by atoms with van der Waals surface area (Å²) in [5.41, 5.74) is 1.03. The Morgan fingerprint density at radius 2 is 1.88 bits per heavy atom. The molecule has 0 saturated heterocycles. The Morgan fingerprint density at radius 3 is 2.50 bits per heavy atom. The lowest BCUT2D eigenvalue weighted by molar-refractivity contribution is 0.234. The molecule has 0 aliphatic carbocycles. The Labute approximate surface area is 146 Å². The van der Waals surface area contributed by atoms with Gasteiger partial charge in [-0.05, 0) is 55.9 Å². The van der Waals surface area contributed by atoms with Crippen molar-refractivity contribution in [2.45, 2.75) is 51.0 Å². The van der Waals surface area contributed by atoms with Gasteiger partial charge in [0.1, 0.15) is 11.6 Å². The van der Waals surface area contributed by atoms with E-state index >= 15 is 0 Å². The minimum absolute atomic E-state index is 0.0678. The number of halogens is 2. The first kappa shape index (κ1) is 18.7. The van der Waals surface area contributed by atoms with Crippen LogP contribution in [0.2, 0.25) is 0 Å². The van der Waals surface area contributed by atoms with Crippen molar-refractivity contribution < 1.29 is 13.5 Å².